The molecule has 2 aromatic rings. The number of hydrogen-bond acceptors (Lipinski definition) is 2. The van der Waals surface area contributed by atoms with Gasteiger partial charge in [-0.05, 0) is 34.7 Å². The number of rotatable bonds is 4. The van der Waals surface area contributed by atoms with Crippen molar-refractivity contribution in [3.63, 3.8) is 0 Å². The normalized spacial score (nSPS) is 13.0. The summed E-state index contributed by atoms with van der Waals surface area (Å²) in [5.74, 6) is 0. The Hall–Kier alpha value is -1.86. The average molecular weight is 371 g/mol. The molecule has 7 heteroatoms. The summed E-state index contributed by atoms with van der Waals surface area (Å²) in [5, 5.41) is 0. The third-order valence-corrected chi connectivity index (χ3v) is 5.17. The molecule has 3 nitrogen and oxygen atoms in total. The molecule has 0 aromatic heterocycles. The van der Waals surface area contributed by atoms with Gasteiger partial charge in [-0.3, -0.25) is 0 Å². The van der Waals surface area contributed by atoms with E-state index in [1.54, 1.807) is 12.1 Å². The van der Waals surface area contributed by atoms with Crippen molar-refractivity contribution in [2.75, 3.05) is 0 Å². The van der Waals surface area contributed by atoms with Crippen LogP contribution in [0.15, 0.2) is 53.4 Å². The van der Waals surface area contributed by atoms with Crippen LogP contribution in [0.3, 0.4) is 0 Å². The number of benzene rings is 2. The molecule has 25 heavy (non-hydrogen) atoms. The molecule has 136 valence electrons. The van der Waals surface area contributed by atoms with Crippen LogP contribution in [0.25, 0.3) is 0 Å². The van der Waals surface area contributed by atoms with Crippen molar-refractivity contribution in [3.8, 4) is 0 Å². The Kier molecular flexibility index (Phi) is 5.30. The van der Waals surface area contributed by atoms with E-state index in [2.05, 4.69) is 4.72 Å². The zero-order chi connectivity index (χ0) is 18.9. The Bertz CT molecular complexity index is 836. The minimum absolute atomic E-state index is 0.0764. The molecule has 0 amide bonds. The van der Waals surface area contributed by atoms with Crippen molar-refractivity contribution in [2.45, 2.75) is 43.8 Å². The second-order valence-electron chi connectivity index (χ2n) is 6.80. The summed E-state index contributed by atoms with van der Waals surface area (Å²) >= 11 is 0. The van der Waals surface area contributed by atoms with Gasteiger partial charge in [0.2, 0.25) is 10.0 Å². The van der Waals surface area contributed by atoms with E-state index in [1.807, 2.05) is 20.8 Å². The maximum absolute atomic E-state index is 12.7. The van der Waals surface area contributed by atoms with E-state index in [-0.39, 0.29) is 22.4 Å². The Morgan fingerprint density at radius 1 is 0.920 bits per heavy atom. The summed E-state index contributed by atoms with van der Waals surface area (Å²) in [7, 11) is -3.80. The zero-order valence-corrected chi connectivity index (χ0v) is 15.0. The second-order valence-corrected chi connectivity index (χ2v) is 8.56. The monoisotopic (exact) mass is 371 g/mol. The van der Waals surface area contributed by atoms with E-state index in [9.17, 15) is 21.6 Å². The average Bonchev–Trinajstić information content (AvgIpc) is 2.52. The molecule has 2 aromatic carbocycles. The fourth-order valence-corrected chi connectivity index (χ4v) is 3.27. The molecule has 0 saturated heterocycles. The Morgan fingerprint density at radius 3 is 2.04 bits per heavy atom. The van der Waals surface area contributed by atoms with Crippen LogP contribution in [0.1, 0.15) is 37.5 Å². The van der Waals surface area contributed by atoms with E-state index in [0.29, 0.717) is 0 Å². The van der Waals surface area contributed by atoms with Crippen LogP contribution >= 0.6 is 0 Å². The molecule has 2 rings (SSSR count). The maximum Gasteiger partial charge on any atom is 0.416 e. The topological polar surface area (TPSA) is 46.2 Å². The molecular weight excluding hydrogens is 351 g/mol. The molecule has 1 N–H and O–H groups in total. The molecule has 0 radical (unpaired) electrons. The van der Waals surface area contributed by atoms with E-state index >= 15 is 0 Å². The van der Waals surface area contributed by atoms with E-state index in [1.165, 1.54) is 24.3 Å². The third-order valence-electron chi connectivity index (χ3n) is 3.75. The number of nitrogens with one attached hydrogen (secondary N) is 1. The molecule has 0 atom stereocenters. The van der Waals surface area contributed by atoms with E-state index in [4.69, 9.17) is 0 Å². The summed E-state index contributed by atoms with van der Waals surface area (Å²) in [6, 6.07) is 11.0. The van der Waals surface area contributed by atoms with Gasteiger partial charge in [0.05, 0.1) is 10.5 Å². The molecule has 0 bridgehead atoms. The summed E-state index contributed by atoms with van der Waals surface area (Å²) in [4.78, 5) is 0.0764. The van der Waals surface area contributed by atoms with Crippen LogP contribution < -0.4 is 4.72 Å². The molecule has 0 unspecified atom stereocenters. The number of sulfonamides is 1. The summed E-state index contributed by atoms with van der Waals surface area (Å²) < 4.78 is 65.1. The minimum atomic E-state index is -4.46. The van der Waals surface area contributed by atoms with Crippen molar-refractivity contribution in [2.24, 2.45) is 0 Å². The molecule has 0 aliphatic carbocycles. The summed E-state index contributed by atoms with van der Waals surface area (Å²) in [6.45, 7) is 5.83. The highest BCUT2D eigenvalue weighted by Gasteiger charge is 2.30. The molecule has 0 saturated carbocycles. The lowest BCUT2D eigenvalue weighted by Crippen LogP contribution is -2.23. The van der Waals surface area contributed by atoms with Gasteiger partial charge in [-0.15, -0.1) is 0 Å². The van der Waals surface area contributed by atoms with Crippen LogP contribution in [0, 0.1) is 0 Å². The smallest absolute Gasteiger partial charge is 0.207 e. The molecular formula is C18H20F3NO2S. The predicted molar refractivity (Wildman–Crippen MR) is 90.6 cm³/mol. The summed E-state index contributed by atoms with van der Waals surface area (Å²) in [6.07, 6.45) is -4.46. The Balaban J connectivity index is 2.14. The fourth-order valence-electron chi connectivity index (χ4n) is 2.25. The zero-order valence-electron chi connectivity index (χ0n) is 14.2. The molecule has 0 heterocycles. The van der Waals surface area contributed by atoms with Gasteiger partial charge in [0.15, 0.2) is 0 Å². The number of alkyl halides is 3. The van der Waals surface area contributed by atoms with Crippen LogP contribution in [-0.4, -0.2) is 8.42 Å². The van der Waals surface area contributed by atoms with Crippen LogP contribution in [-0.2, 0) is 28.2 Å². The number of halogens is 3. The first-order valence-electron chi connectivity index (χ1n) is 7.66. The van der Waals surface area contributed by atoms with Crippen molar-refractivity contribution in [1.82, 2.24) is 4.72 Å². The first-order chi connectivity index (χ1) is 11.4. The first-order valence-corrected chi connectivity index (χ1v) is 9.14. The first kappa shape index (κ1) is 19.5. The third kappa shape index (κ3) is 5.06. The largest absolute Gasteiger partial charge is 0.416 e. The fraction of sp³-hybridized carbons (Fsp3) is 0.333. The van der Waals surface area contributed by atoms with Crippen molar-refractivity contribution in [3.05, 3.63) is 65.2 Å². The lowest BCUT2D eigenvalue weighted by Gasteiger charge is -2.19. The Labute approximate surface area is 145 Å². The van der Waals surface area contributed by atoms with Gasteiger partial charge in [0.1, 0.15) is 0 Å². The standard InChI is InChI=1S/C18H20F3NO2S/c1-17(2,3)14-7-9-16(10-8-14)25(23,24)22-12-13-5-4-6-15(11-13)18(19,20)21/h4-11,22H,12H2,1-3H3. The van der Waals surface area contributed by atoms with Gasteiger partial charge in [-0.1, -0.05) is 51.1 Å². The molecule has 0 aliphatic heterocycles. The lowest BCUT2D eigenvalue weighted by atomic mass is 9.87. The van der Waals surface area contributed by atoms with E-state index in [0.717, 1.165) is 17.7 Å². The quantitative estimate of drug-likeness (QED) is 0.861. The number of hydrogen-bond donors (Lipinski definition) is 1. The van der Waals surface area contributed by atoms with Gasteiger partial charge in [-0.25, -0.2) is 13.1 Å². The van der Waals surface area contributed by atoms with Crippen LogP contribution in [0.2, 0.25) is 0 Å². The lowest BCUT2D eigenvalue weighted by molar-refractivity contribution is -0.137. The Morgan fingerprint density at radius 2 is 1.52 bits per heavy atom. The van der Waals surface area contributed by atoms with Crippen molar-refractivity contribution >= 4 is 10.0 Å². The second kappa shape index (κ2) is 6.80. The highest BCUT2D eigenvalue weighted by Crippen LogP contribution is 2.29. The van der Waals surface area contributed by atoms with Crippen LogP contribution in [0.5, 0.6) is 0 Å². The van der Waals surface area contributed by atoms with Crippen molar-refractivity contribution < 1.29 is 21.6 Å². The molecule has 0 spiro atoms. The predicted octanol–water partition coefficient (Wildman–Crippen LogP) is 4.48. The SMILES string of the molecule is CC(C)(C)c1ccc(S(=O)(=O)NCc2cccc(C(F)(F)F)c2)cc1. The van der Waals surface area contributed by atoms with Gasteiger partial charge < -0.3 is 0 Å². The molecule has 0 aliphatic rings. The van der Waals surface area contributed by atoms with Gasteiger partial charge in [-0.2, -0.15) is 13.2 Å². The highest BCUT2D eigenvalue weighted by atomic mass is 32.2. The highest BCUT2D eigenvalue weighted by molar-refractivity contribution is 7.89. The van der Waals surface area contributed by atoms with Gasteiger partial charge in [0, 0.05) is 6.54 Å². The minimum Gasteiger partial charge on any atom is -0.207 e. The van der Waals surface area contributed by atoms with Gasteiger partial charge in [0.25, 0.3) is 0 Å². The van der Waals surface area contributed by atoms with Crippen molar-refractivity contribution in [1.29, 1.82) is 0 Å². The van der Waals surface area contributed by atoms with E-state index < -0.39 is 21.8 Å². The van der Waals surface area contributed by atoms with Crippen LogP contribution in [0.4, 0.5) is 13.2 Å². The summed E-state index contributed by atoms with van der Waals surface area (Å²) in [5.41, 5.74) is 0.320. The maximum atomic E-state index is 12.7. The van der Waals surface area contributed by atoms with Gasteiger partial charge >= 0.3 is 6.18 Å². The molecule has 0 fully saturated rings.